The summed E-state index contributed by atoms with van der Waals surface area (Å²) in [6, 6.07) is 5.21. The Morgan fingerprint density at radius 2 is 2.40 bits per heavy atom. The van der Waals surface area contributed by atoms with Gasteiger partial charge in [0, 0.05) is 6.21 Å². The van der Waals surface area contributed by atoms with Gasteiger partial charge >= 0.3 is 5.97 Å². The van der Waals surface area contributed by atoms with Crippen LogP contribution in [-0.4, -0.2) is 23.3 Å². The third-order valence-corrected chi connectivity index (χ3v) is 2.44. The van der Waals surface area contributed by atoms with Gasteiger partial charge in [-0.3, -0.25) is 4.99 Å². The lowest BCUT2D eigenvalue weighted by Gasteiger charge is -2.21. The van der Waals surface area contributed by atoms with Crippen molar-refractivity contribution in [1.82, 2.24) is 0 Å². The van der Waals surface area contributed by atoms with Crippen molar-refractivity contribution >= 4 is 23.6 Å². The Labute approximate surface area is 87.7 Å². The molecular weight excluding hydrogens is 192 g/mol. The van der Waals surface area contributed by atoms with Crippen molar-refractivity contribution in [3.8, 4) is 0 Å². The minimum Gasteiger partial charge on any atom is -0.478 e. The van der Waals surface area contributed by atoms with E-state index < -0.39 is 5.97 Å². The maximum atomic E-state index is 11.0. The van der Waals surface area contributed by atoms with E-state index in [2.05, 4.69) is 10.3 Å². The highest BCUT2D eigenvalue weighted by atomic mass is 16.4. The Kier molecular flexibility index (Phi) is 2.41. The van der Waals surface area contributed by atoms with Crippen LogP contribution >= 0.6 is 0 Å². The first kappa shape index (κ1) is 9.71. The molecule has 0 aromatic heterocycles. The van der Waals surface area contributed by atoms with Gasteiger partial charge in [-0.05, 0) is 18.6 Å². The fourth-order valence-corrected chi connectivity index (χ4v) is 1.58. The predicted octanol–water partition coefficient (Wildman–Crippen LogP) is 2.29. The van der Waals surface area contributed by atoms with Gasteiger partial charge in [0.15, 0.2) is 0 Å². The van der Waals surface area contributed by atoms with Gasteiger partial charge in [0.05, 0.1) is 23.0 Å². The Morgan fingerprint density at radius 3 is 3.07 bits per heavy atom. The van der Waals surface area contributed by atoms with Crippen LogP contribution in [0.1, 0.15) is 23.7 Å². The molecule has 0 saturated carbocycles. The highest BCUT2D eigenvalue weighted by molar-refractivity contribution is 5.99. The molecular formula is C11H12N2O2. The number of aromatic carboxylic acids is 1. The molecule has 1 atom stereocenters. The van der Waals surface area contributed by atoms with E-state index in [1.54, 1.807) is 18.2 Å². The zero-order chi connectivity index (χ0) is 10.8. The number of hydrogen-bond donors (Lipinski definition) is 2. The lowest BCUT2D eigenvalue weighted by atomic mass is 10.1. The SMILES string of the molecule is CCC1C=Nc2cccc(C(=O)O)c2N1. The van der Waals surface area contributed by atoms with E-state index in [-0.39, 0.29) is 11.6 Å². The van der Waals surface area contributed by atoms with Crippen LogP contribution < -0.4 is 5.32 Å². The number of anilines is 1. The minimum absolute atomic E-state index is 0.123. The van der Waals surface area contributed by atoms with Gasteiger partial charge in [-0.15, -0.1) is 0 Å². The molecule has 1 aromatic rings. The zero-order valence-electron chi connectivity index (χ0n) is 8.40. The number of rotatable bonds is 2. The van der Waals surface area contributed by atoms with Crippen LogP contribution in [0, 0.1) is 0 Å². The van der Waals surface area contributed by atoms with Gasteiger partial charge in [0.1, 0.15) is 0 Å². The molecule has 1 unspecified atom stereocenters. The van der Waals surface area contributed by atoms with Crippen molar-refractivity contribution < 1.29 is 9.90 Å². The standard InChI is InChI=1S/C11H12N2O2/c1-2-7-6-12-9-5-3-4-8(11(14)15)10(9)13-7/h3-7,13H,2H2,1H3,(H,14,15). The monoisotopic (exact) mass is 204 g/mol. The van der Waals surface area contributed by atoms with E-state index in [1.165, 1.54) is 0 Å². The summed E-state index contributed by atoms with van der Waals surface area (Å²) in [6.07, 6.45) is 2.70. The molecule has 0 aliphatic carbocycles. The molecule has 1 aromatic carbocycles. The predicted molar refractivity (Wildman–Crippen MR) is 59.3 cm³/mol. The average molecular weight is 204 g/mol. The second kappa shape index (κ2) is 3.73. The highest BCUT2D eigenvalue weighted by Gasteiger charge is 2.18. The number of carboxylic acid groups (broad SMARTS) is 1. The molecule has 0 radical (unpaired) electrons. The number of nitrogens with one attached hydrogen (secondary N) is 1. The lowest BCUT2D eigenvalue weighted by molar-refractivity contribution is 0.0698. The second-order valence-corrected chi connectivity index (χ2v) is 3.44. The van der Waals surface area contributed by atoms with Gasteiger partial charge in [-0.2, -0.15) is 0 Å². The van der Waals surface area contributed by atoms with Crippen LogP contribution in [0.3, 0.4) is 0 Å². The molecule has 15 heavy (non-hydrogen) atoms. The van der Waals surface area contributed by atoms with Crippen LogP contribution in [0.5, 0.6) is 0 Å². The summed E-state index contributed by atoms with van der Waals surface area (Å²) in [5.74, 6) is -0.925. The van der Waals surface area contributed by atoms with E-state index in [9.17, 15) is 4.79 Å². The van der Waals surface area contributed by atoms with E-state index in [1.807, 2.05) is 13.1 Å². The number of para-hydroxylation sites is 1. The van der Waals surface area contributed by atoms with Crippen molar-refractivity contribution in [1.29, 1.82) is 0 Å². The Bertz CT molecular complexity index is 427. The lowest BCUT2D eigenvalue weighted by Crippen LogP contribution is -2.24. The van der Waals surface area contributed by atoms with Gasteiger partial charge in [-0.1, -0.05) is 13.0 Å². The van der Waals surface area contributed by atoms with E-state index >= 15 is 0 Å². The average Bonchev–Trinajstić information content (AvgIpc) is 2.27. The van der Waals surface area contributed by atoms with Crippen molar-refractivity contribution in [2.75, 3.05) is 5.32 Å². The molecule has 1 heterocycles. The number of aliphatic imine (C=N–C) groups is 1. The normalized spacial score (nSPS) is 18.1. The molecule has 0 saturated heterocycles. The first-order valence-corrected chi connectivity index (χ1v) is 4.89. The quantitative estimate of drug-likeness (QED) is 0.776. The summed E-state index contributed by atoms with van der Waals surface area (Å²) in [4.78, 5) is 15.2. The van der Waals surface area contributed by atoms with Crippen molar-refractivity contribution in [2.24, 2.45) is 4.99 Å². The van der Waals surface area contributed by atoms with Crippen LogP contribution in [-0.2, 0) is 0 Å². The largest absolute Gasteiger partial charge is 0.478 e. The van der Waals surface area contributed by atoms with Gasteiger partial charge in [0.2, 0.25) is 0 Å². The summed E-state index contributed by atoms with van der Waals surface area (Å²) in [6.45, 7) is 2.03. The van der Waals surface area contributed by atoms with E-state index in [0.717, 1.165) is 6.42 Å². The molecule has 0 amide bonds. The van der Waals surface area contributed by atoms with Crippen molar-refractivity contribution in [3.63, 3.8) is 0 Å². The van der Waals surface area contributed by atoms with Crippen LogP contribution in [0.25, 0.3) is 0 Å². The molecule has 2 N–H and O–H groups in total. The van der Waals surface area contributed by atoms with Crippen molar-refractivity contribution in [2.45, 2.75) is 19.4 Å². The molecule has 0 spiro atoms. The summed E-state index contributed by atoms with van der Waals surface area (Å²) in [7, 11) is 0. The first-order valence-electron chi connectivity index (χ1n) is 4.89. The Morgan fingerprint density at radius 1 is 1.60 bits per heavy atom. The minimum atomic E-state index is -0.925. The zero-order valence-corrected chi connectivity index (χ0v) is 8.40. The highest BCUT2D eigenvalue weighted by Crippen LogP contribution is 2.32. The summed E-state index contributed by atoms with van der Waals surface area (Å²) in [5, 5.41) is 12.2. The molecule has 4 heteroatoms. The molecule has 1 aliphatic rings. The third-order valence-electron chi connectivity index (χ3n) is 2.44. The first-order chi connectivity index (χ1) is 7.22. The van der Waals surface area contributed by atoms with Gasteiger partial charge in [-0.25, -0.2) is 4.79 Å². The van der Waals surface area contributed by atoms with E-state index in [4.69, 9.17) is 5.11 Å². The summed E-state index contributed by atoms with van der Waals surface area (Å²) >= 11 is 0. The molecule has 2 rings (SSSR count). The molecule has 78 valence electrons. The number of hydrogen-bond acceptors (Lipinski definition) is 3. The molecule has 4 nitrogen and oxygen atoms in total. The number of benzene rings is 1. The number of carbonyl (C=O) groups is 1. The van der Waals surface area contributed by atoms with Crippen LogP contribution in [0.4, 0.5) is 11.4 Å². The number of fused-ring (bicyclic) bond motifs is 1. The smallest absolute Gasteiger partial charge is 0.337 e. The number of carboxylic acids is 1. The molecule has 1 aliphatic heterocycles. The molecule has 0 fully saturated rings. The summed E-state index contributed by atoms with van der Waals surface area (Å²) in [5.41, 5.74) is 1.60. The maximum Gasteiger partial charge on any atom is 0.337 e. The van der Waals surface area contributed by atoms with Gasteiger partial charge in [0.25, 0.3) is 0 Å². The number of nitrogens with zero attached hydrogens (tertiary/aromatic N) is 1. The van der Waals surface area contributed by atoms with Crippen LogP contribution in [0.15, 0.2) is 23.2 Å². The van der Waals surface area contributed by atoms with Gasteiger partial charge < -0.3 is 10.4 Å². The maximum absolute atomic E-state index is 11.0. The summed E-state index contributed by atoms with van der Waals surface area (Å²) < 4.78 is 0. The van der Waals surface area contributed by atoms with Crippen LogP contribution in [0.2, 0.25) is 0 Å². The van der Waals surface area contributed by atoms with E-state index in [0.29, 0.717) is 11.4 Å². The third kappa shape index (κ3) is 1.70. The topological polar surface area (TPSA) is 61.7 Å². The fourth-order valence-electron chi connectivity index (χ4n) is 1.58. The second-order valence-electron chi connectivity index (χ2n) is 3.44. The molecule has 0 bridgehead atoms. The Hall–Kier alpha value is -1.84. The Balaban J connectivity index is 2.48. The fraction of sp³-hybridized carbons (Fsp3) is 0.273. The van der Waals surface area contributed by atoms with Crippen molar-refractivity contribution in [3.05, 3.63) is 23.8 Å².